The minimum absolute atomic E-state index is 0.0364. The van der Waals surface area contributed by atoms with Gasteiger partial charge in [0.05, 0.1) is 22.6 Å². The molecule has 1 aliphatic rings. The van der Waals surface area contributed by atoms with Gasteiger partial charge in [-0.15, -0.1) is 0 Å². The molecule has 2 heterocycles. The summed E-state index contributed by atoms with van der Waals surface area (Å²) in [6.07, 6.45) is 3.71. The average molecular weight is 337 g/mol. The monoisotopic (exact) mass is 337 g/mol. The Morgan fingerprint density at radius 1 is 1.32 bits per heavy atom. The first kappa shape index (κ1) is 15.9. The molecule has 0 aliphatic heterocycles. The van der Waals surface area contributed by atoms with E-state index in [1.165, 1.54) is 19.3 Å². The Hall–Kier alpha value is -2.63. The first-order valence-electron chi connectivity index (χ1n) is 8.85. The van der Waals surface area contributed by atoms with Crippen LogP contribution in [0.1, 0.15) is 60.8 Å². The van der Waals surface area contributed by atoms with Crippen molar-refractivity contribution in [2.45, 2.75) is 51.9 Å². The second-order valence-electron chi connectivity index (χ2n) is 7.04. The third-order valence-electron chi connectivity index (χ3n) is 5.27. The van der Waals surface area contributed by atoms with Crippen LogP contribution in [0.4, 0.5) is 5.69 Å². The van der Waals surface area contributed by atoms with E-state index >= 15 is 0 Å². The van der Waals surface area contributed by atoms with Crippen molar-refractivity contribution in [3.05, 3.63) is 41.0 Å². The van der Waals surface area contributed by atoms with Gasteiger partial charge in [0, 0.05) is 22.9 Å². The fraction of sp³-hybridized carbons (Fsp3) is 0.421. The van der Waals surface area contributed by atoms with Crippen molar-refractivity contribution in [1.29, 1.82) is 0 Å². The number of carbonyl (C=O) groups is 1. The zero-order chi connectivity index (χ0) is 17.6. The zero-order valence-electron chi connectivity index (χ0n) is 14.8. The molecular formula is C19H23N5O. The van der Waals surface area contributed by atoms with Crippen molar-refractivity contribution in [2.75, 3.05) is 5.32 Å². The van der Waals surface area contributed by atoms with Crippen molar-refractivity contribution >= 4 is 22.6 Å². The molecular weight excluding hydrogens is 314 g/mol. The van der Waals surface area contributed by atoms with Gasteiger partial charge in [-0.25, -0.2) is 4.98 Å². The van der Waals surface area contributed by atoms with Crippen LogP contribution in [-0.4, -0.2) is 26.1 Å². The molecule has 0 spiro atoms. The topological polar surface area (TPSA) is 86.5 Å². The number of fused-ring (bicyclic) bond motifs is 1. The molecule has 6 nitrogen and oxygen atoms in total. The van der Waals surface area contributed by atoms with Gasteiger partial charge in [-0.05, 0) is 51.8 Å². The highest BCUT2D eigenvalue weighted by molar-refractivity contribution is 5.97. The molecule has 1 amide bonds. The van der Waals surface area contributed by atoms with Gasteiger partial charge in [-0.1, -0.05) is 6.42 Å². The molecule has 1 atom stereocenters. The van der Waals surface area contributed by atoms with E-state index in [0.29, 0.717) is 5.92 Å². The van der Waals surface area contributed by atoms with Crippen molar-refractivity contribution in [1.82, 2.24) is 20.2 Å². The Bertz CT molecular complexity index is 915. The summed E-state index contributed by atoms with van der Waals surface area (Å²) < 4.78 is 0. The highest BCUT2D eigenvalue weighted by atomic mass is 16.1. The molecule has 0 saturated heterocycles. The molecule has 130 valence electrons. The third kappa shape index (κ3) is 2.81. The number of anilines is 1. The van der Waals surface area contributed by atoms with Crippen LogP contribution >= 0.6 is 0 Å². The second-order valence-corrected chi connectivity index (χ2v) is 7.04. The first-order valence-corrected chi connectivity index (χ1v) is 8.85. The molecule has 1 aromatic carbocycles. The lowest BCUT2D eigenvalue weighted by Gasteiger charge is -2.22. The van der Waals surface area contributed by atoms with Crippen molar-refractivity contribution in [3.8, 4) is 0 Å². The van der Waals surface area contributed by atoms with E-state index < -0.39 is 0 Å². The number of nitrogens with zero attached hydrogens (tertiary/aromatic N) is 2. The largest absolute Gasteiger partial charge is 0.342 e. The number of aryl methyl sites for hydroxylation is 2. The van der Waals surface area contributed by atoms with Crippen LogP contribution < -0.4 is 5.32 Å². The van der Waals surface area contributed by atoms with Gasteiger partial charge >= 0.3 is 0 Å². The predicted octanol–water partition coefficient (Wildman–Crippen LogP) is 3.91. The molecule has 25 heavy (non-hydrogen) atoms. The van der Waals surface area contributed by atoms with Gasteiger partial charge in [0.2, 0.25) is 5.91 Å². The van der Waals surface area contributed by atoms with Gasteiger partial charge in [0.25, 0.3) is 0 Å². The lowest BCUT2D eigenvalue weighted by Crippen LogP contribution is -2.19. The highest BCUT2D eigenvalue weighted by Crippen LogP contribution is 2.35. The third-order valence-corrected chi connectivity index (χ3v) is 5.27. The molecule has 2 aromatic heterocycles. The van der Waals surface area contributed by atoms with Crippen LogP contribution in [-0.2, 0) is 4.79 Å². The van der Waals surface area contributed by atoms with E-state index in [9.17, 15) is 4.79 Å². The molecule has 1 saturated carbocycles. The second kappa shape index (κ2) is 6.02. The van der Waals surface area contributed by atoms with E-state index in [0.717, 1.165) is 39.5 Å². The van der Waals surface area contributed by atoms with Crippen LogP contribution in [0, 0.1) is 13.8 Å². The maximum absolute atomic E-state index is 12.6. The van der Waals surface area contributed by atoms with Crippen LogP contribution in [0.2, 0.25) is 0 Å². The summed E-state index contributed by atoms with van der Waals surface area (Å²) in [4.78, 5) is 20.7. The molecule has 1 fully saturated rings. The number of hydrogen-bond acceptors (Lipinski definition) is 3. The molecule has 3 N–H and O–H groups in total. The SMILES string of the molecule is Cc1n[nH]c(C)c1[C@H](C)C(=O)Nc1ccc2nc(C3CCC3)[nH]c2c1. The van der Waals surface area contributed by atoms with Gasteiger partial charge in [-0.2, -0.15) is 5.10 Å². The number of amides is 1. The van der Waals surface area contributed by atoms with E-state index in [-0.39, 0.29) is 11.8 Å². The quantitative estimate of drug-likeness (QED) is 0.674. The summed E-state index contributed by atoms with van der Waals surface area (Å²) in [6, 6.07) is 5.83. The summed E-state index contributed by atoms with van der Waals surface area (Å²) in [6.45, 7) is 5.77. The number of H-pyrrole nitrogens is 2. The van der Waals surface area contributed by atoms with E-state index in [4.69, 9.17) is 0 Å². The molecule has 1 aliphatic carbocycles. The van der Waals surface area contributed by atoms with E-state index in [1.807, 2.05) is 39.0 Å². The maximum atomic E-state index is 12.6. The smallest absolute Gasteiger partial charge is 0.231 e. The van der Waals surface area contributed by atoms with Gasteiger partial charge in [-0.3, -0.25) is 9.89 Å². The van der Waals surface area contributed by atoms with Crippen molar-refractivity contribution in [3.63, 3.8) is 0 Å². The van der Waals surface area contributed by atoms with E-state index in [2.05, 4.69) is 25.5 Å². The maximum Gasteiger partial charge on any atom is 0.231 e. The van der Waals surface area contributed by atoms with Crippen molar-refractivity contribution < 1.29 is 4.79 Å². The van der Waals surface area contributed by atoms with Crippen LogP contribution in [0.25, 0.3) is 11.0 Å². The number of imidazole rings is 1. The molecule has 0 unspecified atom stereocenters. The zero-order valence-corrected chi connectivity index (χ0v) is 14.8. The number of aromatic nitrogens is 4. The fourth-order valence-electron chi connectivity index (χ4n) is 3.56. The number of benzene rings is 1. The summed E-state index contributed by atoms with van der Waals surface area (Å²) in [5.74, 6) is 1.34. The van der Waals surface area contributed by atoms with Gasteiger partial charge in [0.15, 0.2) is 0 Å². The lowest BCUT2D eigenvalue weighted by atomic mass is 9.85. The van der Waals surface area contributed by atoms with Crippen LogP contribution in [0.15, 0.2) is 18.2 Å². The summed E-state index contributed by atoms with van der Waals surface area (Å²) in [5.41, 5.74) is 5.49. The number of rotatable bonds is 4. The molecule has 4 rings (SSSR count). The van der Waals surface area contributed by atoms with Crippen molar-refractivity contribution in [2.24, 2.45) is 0 Å². The van der Waals surface area contributed by atoms with E-state index in [1.54, 1.807) is 0 Å². The average Bonchev–Trinajstić information content (AvgIpc) is 3.07. The minimum Gasteiger partial charge on any atom is -0.342 e. The first-order chi connectivity index (χ1) is 12.0. The summed E-state index contributed by atoms with van der Waals surface area (Å²) in [7, 11) is 0. The fourth-order valence-corrected chi connectivity index (χ4v) is 3.56. The molecule has 0 bridgehead atoms. The van der Waals surface area contributed by atoms with Gasteiger partial charge in [0.1, 0.15) is 5.82 Å². The summed E-state index contributed by atoms with van der Waals surface area (Å²) >= 11 is 0. The highest BCUT2D eigenvalue weighted by Gasteiger charge is 2.23. The predicted molar refractivity (Wildman–Crippen MR) is 97.8 cm³/mol. The lowest BCUT2D eigenvalue weighted by molar-refractivity contribution is -0.117. The normalized spacial score (nSPS) is 16.0. The van der Waals surface area contributed by atoms with Gasteiger partial charge < -0.3 is 10.3 Å². The van der Waals surface area contributed by atoms with Crippen LogP contribution in [0.5, 0.6) is 0 Å². The Labute approximate surface area is 146 Å². The Morgan fingerprint density at radius 2 is 2.12 bits per heavy atom. The Balaban J connectivity index is 1.54. The van der Waals surface area contributed by atoms with Crippen LogP contribution in [0.3, 0.4) is 0 Å². The standard InChI is InChI=1S/C19H23N5O/c1-10(17-11(2)23-24-12(17)3)19(25)20-14-7-8-15-16(9-14)22-18(21-15)13-5-4-6-13/h7-10,13H,4-6H2,1-3H3,(H,20,25)(H,21,22)(H,23,24)/t10-/m0/s1. The Morgan fingerprint density at radius 3 is 2.76 bits per heavy atom. The minimum atomic E-state index is -0.262. The molecule has 6 heteroatoms. The number of carbonyl (C=O) groups excluding carboxylic acids is 1. The summed E-state index contributed by atoms with van der Waals surface area (Å²) in [5, 5.41) is 10.1. The number of nitrogens with one attached hydrogen (secondary N) is 3. The number of hydrogen-bond donors (Lipinski definition) is 3. The molecule has 3 aromatic rings. The Kier molecular flexibility index (Phi) is 3.82. The molecule has 0 radical (unpaired) electrons. The number of aromatic amines is 2.